The molecule has 0 atom stereocenters. The molecule has 3 aromatic heterocycles. The highest BCUT2D eigenvalue weighted by molar-refractivity contribution is 6.04. The van der Waals surface area contributed by atoms with Crippen LogP contribution in [0.1, 0.15) is 21.7 Å². The number of fused-ring (bicyclic) bond motifs is 1. The quantitative estimate of drug-likeness (QED) is 0.442. The van der Waals surface area contributed by atoms with E-state index in [-0.39, 0.29) is 11.5 Å². The summed E-state index contributed by atoms with van der Waals surface area (Å²) in [7, 11) is 0. The third-order valence-electron chi connectivity index (χ3n) is 5.54. The van der Waals surface area contributed by atoms with Gasteiger partial charge in [-0.05, 0) is 62.4 Å². The Morgan fingerprint density at radius 3 is 2.45 bits per heavy atom. The average Bonchev–Trinajstić information content (AvgIpc) is 3.20. The molecule has 3 heterocycles. The van der Waals surface area contributed by atoms with Gasteiger partial charge >= 0.3 is 0 Å². The Bertz CT molecular complexity index is 1540. The van der Waals surface area contributed by atoms with Crippen LogP contribution in [0.5, 0.6) is 0 Å². The molecule has 5 aromatic rings. The molecule has 8 heteroatoms. The number of aromatic amines is 1. The maximum atomic E-state index is 13.0. The zero-order valence-electron chi connectivity index (χ0n) is 18.0. The zero-order chi connectivity index (χ0) is 22.9. The molecule has 0 spiro atoms. The Balaban J connectivity index is 1.41. The fraction of sp³-hybridized carbons (Fsp3) is 0.0800. The van der Waals surface area contributed by atoms with E-state index in [9.17, 15) is 9.59 Å². The van der Waals surface area contributed by atoms with Gasteiger partial charge in [0.25, 0.3) is 11.5 Å². The van der Waals surface area contributed by atoms with Gasteiger partial charge in [0.2, 0.25) is 0 Å². The van der Waals surface area contributed by atoms with Gasteiger partial charge in [-0.2, -0.15) is 5.10 Å². The van der Waals surface area contributed by atoms with Crippen LogP contribution in [0.15, 0.2) is 77.9 Å². The molecular formula is C25H20N6O2. The number of hydrogen-bond acceptors (Lipinski definition) is 5. The van der Waals surface area contributed by atoms with E-state index in [2.05, 4.69) is 25.5 Å². The van der Waals surface area contributed by atoms with Gasteiger partial charge in [0, 0.05) is 29.1 Å². The molecule has 0 unspecified atom stereocenters. The molecule has 1 amide bonds. The summed E-state index contributed by atoms with van der Waals surface area (Å²) >= 11 is 0. The van der Waals surface area contributed by atoms with Crippen molar-refractivity contribution in [2.75, 3.05) is 5.32 Å². The van der Waals surface area contributed by atoms with E-state index in [0.717, 1.165) is 16.8 Å². The number of para-hydroxylation sites is 1. The zero-order valence-corrected chi connectivity index (χ0v) is 18.0. The summed E-state index contributed by atoms with van der Waals surface area (Å²) in [6.07, 6.45) is 3.40. The molecule has 0 fully saturated rings. The molecule has 5 rings (SSSR count). The van der Waals surface area contributed by atoms with Gasteiger partial charge in [0.05, 0.1) is 22.3 Å². The standard InChI is InChI=1S/C25H20N6O2/c1-15-22(17-11-13-26-14-12-17)29-30-23(15)28-24(32)18-7-9-19(10-8-18)31-16(2)27-21-6-4-3-5-20(21)25(31)33/h3-14H,1-2H3,(H2,28,29,30,32). The molecule has 162 valence electrons. The number of rotatable bonds is 4. The Morgan fingerprint density at radius 2 is 1.70 bits per heavy atom. The minimum absolute atomic E-state index is 0.147. The number of benzene rings is 2. The van der Waals surface area contributed by atoms with E-state index in [4.69, 9.17) is 0 Å². The monoisotopic (exact) mass is 436 g/mol. The molecule has 2 aromatic carbocycles. The number of nitrogens with one attached hydrogen (secondary N) is 2. The topological polar surface area (TPSA) is 106 Å². The van der Waals surface area contributed by atoms with Crippen LogP contribution in [-0.4, -0.2) is 30.6 Å². The number of anilines is 1. The summed E-state index contributed by atoms with van der Waals surface area (Å²) in [4.78, 5) is 34.4. The van der Waals surface area contributed by atoms with E-state index in [0.29, 0.717) is 33.8 Å². The van der Waals surface area contributed by atoms with Crippen LogP contribution in [0.25, 0.3) is 27.8 Å². The second-order valence-electron chi connectivity index (χ2n) is 7.63. The van der Waals surface area contributed by atoms with Gasteiger partial charge in [0.15, 0.2) is 5.82 Å². The summed E-state index contributed by atoms with van der Waals surface area (Å²) in [5.41, 5.74) is 4.19. The van der Waals surface area contributed by atoms with E-state index >= 15 is 0 Å². The lowest BCUT2D eigenvalue weighted by molar-refractivity contribution is 0.102. The van der Waals surface area contributed by atoms with Crippen molar-refractivity contribution in [3.8, 4) is 16.9 Å². The Morgan fingerprint density at radius 1 is 0.970 bits per heavy atom. The summed E-state index contributed by atoms with van der Waals surface area (Å²) in [5.74, 6) is 0.742. The summed E-state index contributed by atoms with van der Waals surface area (Å²) in [5, 5.41) is 10.6. The highest BCUT2D eigenvalue weighted by atomic mass is 16.1. The molecule has 2 N–H and O–H groups in total. The first-order valence-electron chi connectivity index (χ1n) is 10.4. The van der Waals surface area contributed by atoms with Crippen LogP contribution in [0, 0.1) is 13.8 Å². The van der Waals surface area contributed by atoms with Crippen LogP contribution in [0.4, 0.5) is 5.82 Å². The molecule has 0 aliphatic carbocycles. The number of nitrogens with zero attached hydrogens (tertiary/aromatic N) is 4. The van der Waals surface area contributed by atoms with Crippen molar-refractivity contribution in [2.45, 2.75) is 13.8 Å². The van der Waals surface area contributed by atoms with Crippen molar-refractivity contribution in [3.05, 3.63) is 100 Å². The number of amides is 1. The van der Waals surface area contributed by atoms with Crippen LogP contribution in [0.2, 0.25) is 0 Å². The summed E-state index contributed by atoms with van der Waals surface area (Å²) < 4.78 is 1.54. The van der Waals surface area contributed by atoms with Gasteiger partial charge in [-0.3, -0.25) is 24.2 Å². The predicted molar refractivity (Wildman–Crippen MR) is 127 cm³/mol. The van der Waals surface area contributed by atoms with Crippen molar-refractivity contribution in [2.24, 2.45) is 0 Å². The van der Waals surface area contributed by atoms with Crippen molar-refractivity contribution >= 4 is 22.6 Å². The van der Waals surface area contributed by atoms with Gasteiger partial charge in [-0.25, -0.2) is 4.98 Å². The Kier molecular flexibility index (Phi) is 5.02. The summed E-state index contributed by atoms with van der Waals surface area (Å²) in [6.45, 7) is 3.68. The lowest BCUT2D eigenvalue weighted by atomic mass is 10.1. The number of carbonyl (C=O) groups is 1. The molecular weight excluding hydrogens is 416 g/mol. The fourth-order valence-electron chi connectivity index (χ4n) is 3.81. The Labute approximate surface area is 189 Å². The highest BCUT2D eigenvalue weighted by Crippen LogP contribution is 2.25. The van der Waals surface area contributed by atoms with Gasteiger partial charge in [0.1, 0.15) is 5.82 Å². The number of H-pyrrole nitrogens is 1. The van der Waals surface area contributed by atoms with Crippen molar-refractivity contribution < 1.29 is 4.79 Å². The smallest absolute Gasteiger partial charge is 0.265 e. The lowest BCUT2D eigenvalue weighted by Gasteiger charge is -2.11. The SMILES string of the molecule is Cc1c(NC(=O)c2ccc(-n3c(C)nc4ccccc4c3=O)cc2)n[nH]c1-c1ccncc1. The number of hydrogen-bond donors (Lipinski definition) is 2. The van der Waals surface area contributed by atoms with E-state index in [1.165, 1.54) is 0 Å². The second-order valence-corrected chi connectivity index (χ2v) is 7.63. The van der Waals surface area contributed by atoms with Crippen LogP contribution < -0.4 is 10.9 Å². The first-order chi connectivity index (χ1) is 16.0. The molecule has 0 saturated heterocycles. The van der Waals surface area contributed by atoms with E-state index < -0.39 is 0 Å². The second kappa shape index (κ2) is 8.16. The molecule has 0 saturated carbocycles. The van der Waals surface area contributed by atoms with Crippen molar-refractivity contribution in [1.29, 1.82) is 0 Å². The maximum absolute atomic E-state index is 13.0. The molecule has 0 aliphatic heterocycles. The minimum Gasteiger partial charge on any atom is -0.305 e. The molecule has 33 heavy (non-hydrogen) atoms. The minimum atomic E-state index is -0.293. The van der Waals surface area contributed by atoms with Gasteiger partial charge < -0.3 is 5.32 Å². The van der Waals surface area contributed by atoms with Crippen molar-refractivity contribution in [1.82, 2.24) is 24.7 Å². The molecule has 8 nitrogen and oxygen atoms in total. The summed E-state index contributed by atoms with van der Waals surface area (Å²) in [6, 6.07) is 17.8. The van der Waals surface area contributed by atoms with E-state index in [1.807, 2.05) is 37.3 Å². The number of aryl methyl sites for hydroxylation is 1. The predicted octanol–water partition coefficient (Wildman–Crippen LogP) is 4.04. The van der Waals surface area contributed by atoms with Gasteiger partial charge in [-0.15, -0.1) is 0 Å². The molecule has 0 aliphatic rings. The molecule has 0 radical (unpaired) electrons. The maximum Gasteiger partial charge on any atom is 0.265 e. The number of pyridine rings is 1. The van der Waals surface area contributed by atoms with E-state index in [1.54, 1.807) is 54.2 Å². The molecule has 0 bridgehead atoms. The lowest BCUT2D eigenvalue weighted by Crippen LogP contribution is -2.22. The normalized spacial score (nSPS) is 11.0. The average molecular weight is 436 g/mol. The first kappa shape index (κ1) is 20.3. The highest BCUT2D eigenvalue weighted by Gasteiger charge is 2.15. The van der Waals surface area contributed by atoms with Crippen LogP contribution in [-0.2, 0) is 0 Å². The fourth-order valence-corrected chi connectivity index (χ4v) is 3.81. The van der Waals surface area contributed by atoms with Gasteiger partial charge in [-0.1, -0.05) is 12.1 Å². The largest absolute Gasteiger partial charge is 0.305 e. The van der Waals surface area contributed by atoms with Crippen LogP contribution in [0.3, 0.4) is 0 Å². The third kappa shape index (κ3) is 3.67. The first-order valence-corrected chi connectivity index (χ1v) is 10.4. The van der Waals surface area contributed by atoms with Crippen molar-refractivity contribution in [3.63, 3.8) is 0 Å². The number of aromatic nitrogens is 5. The Hall–Kier alpha value is -4.59. The third-order valence-corrected chi connectivity index (χ3v) is 5.54. The number of carbonyl (C=O) groups excluding carboxylic acids is 1. The van der Waals surface area contributed by atoms with Crippen LogP contribution >= 0.6 is 0 Å².